The van der Waals surface area contributed by atoms with Gasteiger partial charge in [-0.3, -0.25) is 0 Å². The van der Waals surface area contributed by atoms with Gasteiger partial charge in [0.25, 0.3) is 0 Å². The lowest BCUT2D eigenvalue weighted by Gasteiger charge is -2.29. The third-order valence-corrected chi connectivity index (χ3v) is 14.0. The number of para-hydroxylation sites is 4. The van der Waals surface area contributed by atoms with Crippen LogP contribution in [0.25, 0.3) is 76.5 Å². The van der Waals surface area contributed by atoms with Gasteiger partial charge >= 0.3 is 0 Å². The number of nitrogens with zero attached hydrogens (tertiary/aromatic N) is 2. The Balaban J connectivity index is 0.965. The van der Waals surface area contributed by atoms with Crippen molar-refractivity contribution in [3.63, 3.8) is 0 Å². The second-order valence-corrected chi connectivity index (χ2v) is 18.1. The Morgan fingerprint density at radius 2 is 0.727 bits per heavy atom. The Hall–Kier alpha value is -8.40. The van der Waals surface area contributed by atoms with Crippen molar-refractivity contribution in [1.82, 2.24) is 0 Å². The van der Waals surface area contributed by atoms with Crippen LogP contribution in [0.5, 0.6) is 0 Å². The molecule has 1 aliphatic carbocycles. The summed E-state index contributed by atoms with van der Waals surface area (Å²) in [6, 6.07) is 83.9. The predicted molar refractivity (Wildman–Crippen MR) is 279 cm³/mol. The van der Waals surface area contributed by atoms with Crippen molar-refractivity contribution in [2.75, 3.05) is 9.80 Å². The van der Waals surface area contributed by atoms with Gasteiger partial charge in [-0.2, -0.15) is 0 Å². The van der Waals surface area contributed by atoms with E-state index in [4.69, 9.17) is 4.42 Å². The summed E-state index contributed by atoms with van der Waals surface area (Å²) in [5, 5.41) is 9.82. The van der Waals surface area contributed by atoms with Crippen molar-refractivity contribution < 1.29 is 4.42 Å². The zero-order valence-electron chi connectivity index (χ0n) is 36.7. The fourth-order valence-corrected chi connectivity index (χ4v) is 10.8. The smallest absolute Gasteiger partial charge is 0.143 e. The van der Waals surface area contributed by atoms with Crippen molar-refractivity contribution >= 4 is 88.4 Å². The molecule has 1 aromatic heterocycles. The van der Waals surface area contributed by atoms with Crippen molar-refractivity contribution in [1.29, 1.82) is 0 Å². The summed E-state index contributed by atoms with van der Waals surface area (Å²) in [6.07, 6.45) is 0. The Morgan fingerprint density at radius 3 is 1.32 bits per heavy atom. The van der Waals surface area contributed by atoms with Gasteiger partial charge in [0, 0.05) is 55.9 Å². The van der Waals surface area contributed by atoms with E-state index in [-0.39, 0.29) is 5.41 Å². The Labute approximate surface area is 384 Å². The monoisotopic (exact) mass is 844 g/mol. The molecule has 1 aliphatic rings. The molecule has 0 amide bonds. The van der Waals surface area contributed by atoms with E-state index in [1.54, 1.807) is 0 Å². The molecule has 0 aliphatic heterocycles. The van der Waals surface area contributed by atoms with Crippen LogP contribution in [-0.2, 0) is 5.41 Å². The van der Waals surface area contributed by atoms with E-state index in [0.717, 1.165) is 67.2 Å². The van der Waals surface area contributed by atoms with Gasteiger partial charge in [0.1, 0.15) is 11.2 Å². The molecule has 3 nitrogen and oxygen atoms in total. The third-order valence-electron chi connectivity index (χ3n) is 14.0. The second kappa shape index (κ2) is 14.8. The van der Waals surface area contributed by atoms with Crippen molar-refractivity contribution in [3.05, 3.63) is 242 Å². The quantitative estimate of drug-likeness (QED) is 0.149. The minimum absolute atomic E-state index is 0.269. The van der Waals surface area contributed by atoms with Crippen LogP contribution in [0, 0.1) is 0 Å². The van der Waals surface area contributed by atoms with Crippen LogP contribution >= 0.6 is 0 Å². The number of benzene rings is 11. The number of rotatable bonds is 7. The van der Waals surface area contributed by atoms with E-state index in [2.05, 4.69) is 248 Å². The highest BCUT2D eigenvalue weighted by atomic mass is 16.3. The fourth-order valence-electron chi connectivity index (χ4n) is 10.8. The lowest BCUT2D eigenvalue weighted by Crippen LogP contribution is -2.17. The molecule has 0 atom stereocenters. The molecule has 0 bridgehead atoms. The van der Waals surface area contributed by atoms with Crippen LogP contribution < -0.4 is 9.80 Å². The van der Waals surface area contributed by atoms with Crippen molar-refractivity contribution in [2.24, 2.45) is 0 Å². The molecule has 3 heteroatoms. The van der Waals surface area contributed by atoms with Crippen LogP contribution in [0.15, 0.2) is 235 Å². The SMILES string of the molecule is CC1(C)c2cc(N(c3ccccc3)c3ccccc3)ccc2-c2ccc(N(c3ccc(-c4cccc5c4oc4ccccc45)cc3)c3ccc4c5ccccc5c5ccccc5c4c3)cc21. The lowest BCUT2D eigenvalue weighted by atomic mass is 9.82. The van der Waals surface area contributed by atoms with Gasteiger partial charge in [0.05, 0.1) is 0 Å². The van der Waals surface area contributed by atoms with Gasteiger partial charge in [-0.25, -0.2) is 0 Å². The van der Waals surface area contributed by atoms with E-state index in [1.165, 1.54) is 54.6 Å². The van der Waals surface area contributed by atoms with Crippen LogP contribution in [0.2, 0.25) is 0 Å². The van der Waals surface area contributed by atoms with Gasteiger partial charge in [-0.1, -0.05) is 166 Å². The maximum absolute atomic E-state index is 6.50. The van der Waals surface area contributed by atoms with Crippen molar-refractivity contribution in [3.8, 4) is 22.3 Å². The Kier molecular flexibility index (Phi) is 8.56. The number of hydrogen-bond donors (Lipinski definition) is 0. The van der Waals surface area contributed by atoms with Gasteiger partial charge in [-0.15, -0.1) is 0 Å². The van der Waals surface area contributed by atoms with Gasteiger partial charge in [-0.05, 0) is 139 Å². The summed E-state index contributed by atoms with van der Waals surface area (Å²) in [4.78, 5) is 4.80. The zero-order chi connectivity index (χ0) is 43.9. The molecule has 0 fully saturated rings. The molecule has 0 spiro atoms. The molecule has 0 radical (unpaired) electrons. The summed E-state index contributed by atoms with van der Waals surface area (Å²) >= 11 is 0. The van der Waals surface area contributed by atoms with Crippen molar-refractivity contribution in [2.45, 2.75) is 19.3 Å². The predicted octanol–water partition coefficient (Wildman–Crippen LogP) is 18.0. The number of fused-ring (bicyclic) bond motifs is 12. The molecule has 12 aromatic rings. The minimum atomic E-state index is -0.269. The van der Waals surface area contributed by atoms with E-state index in [1.807, 2.05) is 6.07 Å². The molecular weight excluding hydrogens is 801 g/mol. The summed E-state index contributed by atoms with van der Waals surface area (Å²) < 4.78 is 6.50. The van der Waals surface area contributed by atoms with E-state index in [0.29, 0.717) is 0 Å². The first-order chi connectivity index (χ1) is 32.5. The lowest BCUT2D eigenvalue weighted by molar-refractivity contribution is 0.660. The molecule has 0 saturated heterocycles. The maximum atomic E-state index is 6.50. The van der Waals surface area contributed by atoms with Gasteiger partial charge in [0.2, 0.25) is 0 Å². The standard InChI is InChI=1S/C63H44N2O/c1-63(2)59-39-46(64(42-16-5-3-6-17-42)43-18-7-4-8-19-43)33-36-54(59)55-37-34-47(40-60(55)63)65(45-32-35-53-51-22-10-9-20-49(51)50-21-11-12-23-52(50)58(53)38-45)44-30-28-41(29-31-44)48-25-15-26-57-56-24-13-14-27-61(56)66-62(48)57/h3-40H,1-2H3. The molecule has 0 unspecified atom stereocenters. The summed E-state index contributed by atoms with van der Waals surface area (Å²) in [7, 11) is 0. The first kappa shape index (κ1) is 38.1. The van der Waals surface area contributed by atoms with Gasteiger partial charge in [0.15, 0.2) is 0 Å². The molecule has 312 valence electrons. The highest BCUT2D eigenvalue weighted by molar-refractivity contribution is 6.26. The van der Waals surface area contributed by atoms with Crippen LogP contribution in [0.1, 0.15) is 25.0 Å². The molecular formula is C63H44N2O. The van der Waals surface area contributed by atoms with Crippen LogP contribution in [-0.4, -0.2) is 0 Å². The second-order valence-electron chi connectivity index (χ2n) is 18.1. The largest absolute Gasteiger partial charge is 0.455 e. The first-order valence-corrected chi connectivity index (χ1v) is 22.8. The Morgan fingerprint density at radius 1 is 0.303 bits per heavy atom. The molecule has 11 aromatic carbocycles. The molecule has 0 saturated carbocycles. The average molecular weight is 845 g/mol. The number of anilines is 6. The number of hydrogen-bond acceptors (Lipinski definition) is 3. The average Bonchev–Trinajstić information content (AvgIpc) is 3.86. The minimum Gasteiger partial charge on any atom is -0.455 e. The topological polar surface area (TPSA) is 19.6 Å². The van der Waals surface area contributed by atoms with E-state index in [9.17, 15) is 0 Å². The summed E-state index contributed by atoms with van der Waals surface area (Å²) in [6.45, 7) is 4.76. The van der Waals surface area contributed by atoms with Gasteiger partial charge < -0.3 is 14.2 Å². The van der Waals surface area contributed by atoms with E-state index >= 15 is 0 Å². The fraction of sp³-hybridized carbons (Fsp3) is 0.0476. The maximum Gasteiger partial charge on any atom is 0.143 e. The van der Waals surface area contributed by atoms with E-state index < -0.39 is 0 Å². The van der Waals surface area contributed by atoms with Crippen LogP contribution in [0.4, 0.5) is 34.1 Å². The molecule has 66 heavy (non-hydrogen) atoms. The summed E-state index contributed by atoms with van der Waals surface area (Å²) in [5.74, 6) is 0. The zero-order valence-corrected chi connectivity index (χ0v) is 36.7. The van der Waals surface area contributed by atoms with Crippen LogP contribution in [0.3, 0.4) is 0 Å². The summed E-state index contributed by atoms with van der Waals surface area (Å²) in [5.41, 5.74) is 15.6. The molecule has 1 heterocycles. The Bertz CT molecular complexity index is 3770. The molecule has 0 N–H and O–H groups in total. The third kappa shape index (κ3) is 5.90. The first-order valence-electron chi connectivity index (χ1n) is 22.8. The highest BCUT2D eigenvalue weighted by Crippen LogP contribution is 2.53. The molecule has 13 rings (SSSR count). The highest BCUT2D eigenvalue weighted by Gasteiger charge is 2.37. The normalized spacial score (nSPS) is 12.8. The number of furan rings is 1.